The number of hydrogen-bond donors (Lipinski definition) is 0. The van der Waals surface area contributed by atoms with E-state index in [0.29, 0.717) is 0 Å². The molecule has 5 heteroatoms. The molecule has 5 nitrogen and oxygen atoms in total. The smallest absolute Gasteiger partial charge is 0.136 e. The summed E-state index contributed by atoms with van der Waals surface area (Å²) in [4.78, 5) is 2.43. The molecular formula is C15H20N4O. The van der Waals surface area contributed by atoms with Crippen molar-refractivity contribution in [3.8, 4) is 0 Å². The molecule has 0 radical (unpaired) electrons. The Morgan fingerprint density at radius 2 is 2.05 bits per heavy atom. The Hall–Kier alpha value is -1.62. The fourth-order valence-corrected chi connectivity index (χ4v) is 3.60. The third-order valence-corrected chi connectivity index (χ3v) is 4.82. The van der Waals surface area contributed by atoms with Crippen LogP contribution in [-0.4, -0.2) is 40.3 Å². The second-order valence-electron chi connectivity index (χ2n) is 5.98. The quantitative estimate of drug-likeness (QED) is 0.797. The van der Waals surface area contributed by atoms with Crippen molar-refractivity contribution in [2.75, 3.05) is 24.6 Å². The monoisotopic (exact) mass is 272 g/mol. The summed E-state index contributed by atoms with van der Waals surface area (Å²) in [5.74, 6) is 0. The van der Waals surface area contributed by atoms with Gasteiger partial charge in [0, 0.05) is 26.7 Å². The Balaban J connectivity index is 1.61. The molecule has 4 rings (SSSR count). The highest BCUT2D eigenvalue weighted by Crippen LogP contribution is 2.37. The van der Waals surface area contributed by atoms with E-state index in [1.807, 2.05) is 11.7 Å². The Bertz CT molecular complexity index is 620. The van der Waals surface area contributed by atoms with Crippen LogP contribution >= 0.6 is 0 Å². The van der Waals surface area contributed by atoms with Crippen LogP contribution in [0.4, 0.5) is 5.69 Å². The van der Waals surface area contributed by atoms with Crippen molar-refractivity contribution in [1.29, 1.82) is 0 Å². The van der Waals surface area contributed by atoms with Gasteiger partial charge in [0.1, 0.15) is 5.52 Å². The average molecular weight is 272 g/mol. The van der Waals surface area contributed by atoms with Gasteiger partial charge < -0.3 is 9.64 Å². The Kier molecular flexibility index (Phi) is 2.70. The molecule has 0 aliphatic carbocycles. The van der Waals surface area contributed by atoms with Crippen LogP contribution in [0.5, 0.6) is 0 Å². The molecule has 2 fully saturated rings. The fraction of sp³-hybridized carbons (Fsp3) is 0.600. The highest BCUT2D eigenvalue weighted by atomic mass is 16.5. The number of nitrogens with zero attached hydrogens (tertiary/aromatic N) is 4. The van der Waals surface area contributed by atoms with Gasteiger partial charge in [-0.2, -0.15) is 0 Å². The Labute approximate surface area is 118 Å². The molecule has 0 atom stereocenters. The topological polar surface area (TPSA) is 43.2 Å². The molecular weight excluding hydrogens is 252 g/mol. The highest BCUT2D eigenvalue weighted by Gasteiger charge is 2.38. The minimum absolute atomic E-state index is 0.173. The van der Waals surface area contributed by atoms with Crippen molar-refractivity contribution in [2.24, 2.45) is 7.05 Å². The lowest BCUT2D eigenvalue weighted by Crippen LogP contribution is -2.44. The first-order valence-electron chi connectivity index (χ1n) is 7.45. The van der Waals surface area contributed by atoms with Crippen molar-refractivity contribution in [1.82, 2.24) is 15.0 Å². The number of aromatic nitrogens is 3. The van der Waals surface area contributed by atoms with Gasteiger partial charge in [0.15, 0.2) is 0 Å². The first-order valence-corrected chi connectivity index (χ1v) is 7.45. The zero-order chi connectivity index (χ0) is 13.6. The number of anilines is 1. The third kappa shape index (κ3) is 1.80. The third-order valence-electron chi connectivity index (χ3n) is 4.82. The summed E-state index contributed by atoms with van der Waals surface area (Å²) in [5.41, 5.74) is 3.49. The fourth-order valence-electron chi connectivity index (χ4n) is 3.60. The summed E-state index contributed by atoms with van der Waals surface area (Å²) in [6.45, 7) is 3.05. The molecule has 1 aromatic heterocycles. The maximum Gasteiger partial charge on any atom is 0.136 e. The summed E-state index contributed by atoms with van der Waals surface area (Å²) in [6, 6.07) is 6.33. The minimum atomic E-state index is 0.173. The molecule has 3 heterocycles. The number of hydrogen-bond acceptors (Lipinski definition) is 4. The zero-order valence-electron chi connectivity index (χ0n) is 11.9. The number of piperidine rings is 1. The molecule has 0 amide bonds. The van der Waals surface area contributed by atoms with Gasteiger partial charge in [0.2, 0.25) is 0 Å². The molecule has 2 aliphatic rings. The lowest BCUT2D eigenvalue weighted by atomic mass is 9.88. The van der Waals surface area contributed by atoms with E-state index in [0.717, 1.165) is 43.6 Å². The summed E-state index contributed by atoms with van der Waals surface area (Å²) in [6.07, 6.45) is 4.71. The maximum atomic E-state index is 6.00. The van der Waals surface area contributed by atoms with Crippen LogP contribution in [0.3, 0.4) is 0 Å². The van der Waals surface area contributed by atoms with Crippen molar-refractivity contribution in [3.05, 3.63) is 18.2 Å². The number of aryl methyl sites for hydroxylation is 1. The number of ether oxygens (including phenoxy) is 1. The normalized spacial score (nSPS) is 21.9. The summed E-state index contributed by atoms with van der Waals surface area (Å²) in [5, 5.41) is 8.46. The number of benzene rings is 1. The van der Waals surface area contributed by atoms with Gasteiger partial charge in [-0.15, -0.1) is 5.10 Å². The van der Waals surface area contributed by atoms with Gasteiger partial charge in [-0.3, -0.25) is 0 Å². The number of rotatable bonds is 1. The van der Waals surface area contributed by atoms with Crippen molar-refractivity contribution in [3.63, 3.8) is 0 Å². The van der Waals surface area contributed by atoms with E-state index in [1.165, 1.54) is 18.5 Å². The molecule has 1 spiro atoms. The van der Waals surface area contributed by atoms with E-state index in [1.54, 1.807) is 0 Å². The van der Waals surface area contributed by atoms with E-state index >= 15 is 0 Å². The predicted molar refractivity (Wildman–Crippen MR) is 77.9 cm³/mol. The molecule has 106 valence electrons. The van der Waals surface area contributed by atoms with Crippen LogP contribution in [0.15, 0.2) is 18.2 Å². The highest BCUT2D eigenvalue weighted by molar-refractivity contribution is 5.88. The van der Waals surface area contributed by atoms with E-state index in [9.17, 15) is 0 Å². The predicted octanol–water partition coefficient (Wildman–Crippen LogP) is 2.12. The standard InChI is InChI=1S/C15H20N4O/c1-18-12-4-2-5-13(14(12)16-17-18)19-9-7-15(8-10-19)6-3-11-20-15/h2,4-5H,3,6-11H2,1H3. The van der Waals surface area contributed by atoms with E-state index in [2.05, 4.69) is 33.4 Å². The van der Waals surface area contributed by atoms with E-state index in [4.69, 9.17) is 4.74 Å². The summed E-state index contributed by atoms with van der Waals surface area (Å²) < 4.78 is 7.84. The summed E-state index contributed by atoms with van der Waals surface area (Å²) >= 11 is 0. The van der Waals surface area contributed by atoms with Crippen molar-refractivity contribution >= 4 is 16.7 Å². The van der Waals surface area contributed by atoms with Gasteiger partial charge >= 0.3 is 0 Å². The maximum absolute atomic E-state index is 6.00. The number of fused-ring (bicyclic) bond motifs is 1. The first kappa shape index (κ1) is 12.1. The van der Waals surface area contributed by atoms with Crippen LogP contribution in [0.25, 0.3) is 11.0 Å². The SMILES string of the molecule is Cn1nnc2c(N3CCC4(CCCO4)CC3)cccc21. The van der Waals surface area contributed by atoms with Gasteiger partial charge in [-0.25, -0.2) is 4.68 Å². The molecule has 0 N–H and O–H groups in total. The first-order chi connectivity index (χ1) is 9.77. The van der Waals surface area contributed by atoms with Gasteiger partial charge in [-0.1, -0.05) is 11.3 Å². The molecule has 20 heavy (non-hydrogen) atoms. The molecule has 1 aromatic carbocycles. The molecule has 0 unspecified atom stereocenters. The molecule has 0 saturated carbocycles. The van der Waals surface area contributed by atoms with Crippen molar-refractivity contribution in [2.45, 2.75) is 31.3 Å². The minimum Gasteiger partial charge on any atom is -0.375 e. The van der Waals surface area contributed by atoms with Crippen LogP contribution < -0.4 is 4.90 Å². The van der Waals surface area contributed by atoms with Gasteiger partial charge in [0.25, 0.3) is 0 Å². The average Bonchev–Trinajstić information content (AvgIpc) is 3.08. The van der Waals surface area contributed by atoms with Crippen LogP contribution in [-0.2, 0) is 11.8 Å². The zero-order valence-corrected chi connectivity index (χ0v) is 11.9. The Morgan fingerprint density at radius 1 is 1.20 bits per heavy atom. The van der Waals surface area contributed by atoms with Crippen LogP contribution in [0.1, 0.15) is 25.7 Å². The molecule has 2 aliphatic heterocycles. The largest absolute Gasteiger partial charge is 0.375 e. The molecule has 2 saturated heterocycles. The molecule has 0 bridgehead atoms. The Morgan fingerprint density at radius 3 is 2.80 bits per heavy atom. The van der Waals surface area contributed by atoms with Crippen molar-refractivity contribution < 1.29 is 4.74 Å². The van der Waals surface area contributed by atoms with Gasteiger partial charge in [-0.05, 0) is 37.8 Å². The lowest BCUT2D eigenvalue weighted by molar-refractivity contribution is -0.0145. The second kappa shape index (κ2) is 4.45. The van der Waals surface area contributed by atoms with E-state index < -0.39 is 0 Å². The summed E-state index contributed by atoms with van der Waals surface area (Å²) in [7, 11) is 1.94. The van der Waals surface area contributed by atoms with Crippen LogP contribution in [0.2, 0.25) is 0 Å². The van der Waals surface area contributed by atoms with Crippen LogP contribution in [0, 0.1) is 0 Å². The van der Waals surface area contributed by atoms with E-state index in [-0.39, 0.29) is 5.60 Å². The van der Waals surface area contributed by atoms with Gasteiger partial charge in [0.05, 0.1) is 16.8 Å². The second-order valence-corrected chi connectivity index (χ2v) is 5.98. The molecule has 2 aromatic rings. The lowest BCUT2D eigenvalue weighted by Gasteiger charge is -2.39.